The molecule has 1 aliphatic rings. The van der Waals surface area contributed by atoms with Crippen LogP contribution in [0.4, 0.5) is 0 Å². The van der Waals surface area contributed by atoms with Gasteiger partial charge in [0.1, 0.15) is 17.0 Å². The third-order valence-electron chi connectivity index (χ3n) is 5.13. The summed E-state index contributed by atoms with van der Waals surface area (Å²) in [7, 11) is 0. The van der Waals surface area contributed by atoms with Gasteiger partial charge in [-0.3, -0.25) is 9.48 Å². The SMILES string of the molecule is O=C(NCc1cccc(Oc2ccccc2)c1)C1(n2cccn2)CCNCC1. The van der Waals surface area contributed by atoms with Crippen molar-refractivity contribution >= 4 is 5.91 Å². The number of para-hydroxylation sites is 1. The van der Waals surface area contributed by atoms with Crippen LogP contribution in [0.5, 0.6) is 11.5 Å². The number of amides is 1. The van der Waals surface area contributed by atoms with Crippen LogP contribution < -0.4 is 15.4 Å². The number of benzene rings is 2. The van der Waals surface area contributed by atoms with Gasteiger partial charge in [-0.15, -0.1) is 0 Å². The van der Waals surface area contributed by atoms with Crippen LogP contribution in [0.3, 0.4) is 0 Å². The van der Waals surface area contributed by atoms with Gasteiger partial charge in [-0.25, -0.2) is 0 Å². The Balaban J connectivity index is 1.45. The number of rotatable bonds is 6. The molecule has 0 atom stereocenters. The minimum atomic E-state index is -0.632. The third-order valence-corrected chi connectivity index (χ3v) is 5.13. The maximum Gasteiger partial charge on any atom is 0.248 e. The van der Waals surface area contributed by atoms with Crippen molar-refractivity contribution in [1.29, 1.82) is 0 Å². The van der Waals surface area contributed by atoms with Gasteiger partial charge in [0.25, 0.3) is 0 Å². The summed E-state index contributed by atoms with van der Waals surface area (Å²) in [6, 6.07) is 19.3. The van der Waals surface area contributed by atoms with Crippen LogP contribution >= 0.6 is 0 Å². The summed E-state index contributed by atoms with van der Waals surface area (Å²) in [4.78, 5) is 13.1. The predicted octanol–water partition coefficient (Wildman–Crippen LogP) is 3.07. The Morgan fingerprint density at radius 3 is 2.61 bits per heavy atom. The predicted molar refractivity (Wildman–Crippen MR) is 107 cm³/mol. The van der Waals surface area contributed by atoms with Gasteiger partial charge in [-0.05, 0) is 61.8 Å². The number of nitrogens with one attached hydrogen (secondary N) is 2. The highest BCUT2D eigenvalue weighted by atomic mass is 16.5. The van der Waals surface area contributed by atoms with E-state index in [1.807, 2.05) is 66.9 Å². The molecule has 0 spiro atoms. The monoisotopic (exact) mass is 376 g/mol. The van der Waals surface area contributed by atoms with E-state index in [-0.39, 0.29) is 5.91 Å². The highest BCUT2D eigenvalue weighted by Crippen LogP contribution is 2.27. The van der Waals surface area contributed by atoms with Crippen molar-refractivity contribution in [2.75, 3.05) is 13.1 Å². The first kappa shape index (κ1) is 18.3. The van der Waals surface area contributed by atoms with Crippen LogP contribution in [0.15, 0.2) is 73.1 Å². The Morgan fingerprint density at radius 1 is 1.07 bits per heavy atom. The van der Waals surface area contributed by atoms with Crippen LogP contribution in [-0.2, 0) is 16.9 Å². The van der Waals surface area contributed by atoms with Gasteiger partial charge >= 0.3 is 0 Å². The van der Waals surface area contributed by atoms with E-state index in [1.165, 1.54) is 0 Å². The van der Waals surface area contributed by atoms with Crippen molar-refractivity contribution in [1.82, 2.24) is 20.4 Å². The number of nitrogens with zero attached hydrogens (tertiary/aromatic N) is 2. The zero-order valence-corrected chi connectivity index (χ0v) is 15.7. The van der Waals surface area contributed by atoms with Crippen LogP contribution in [0.1, 0.15) is 18.4 Å². The highest BCUT2D eigenvalue weighted by Gasteiger charge is 2.41. The average molecular weight is 376 g/mol. The Morgan fingerprint density at radius 2 is 1.86 bits per heavy atom. The van der Waals surface area contributed by atoms with Crippen molar-refractivity contribution in [2.24, 2.45) is 0 Å². The fourth-order valence-electron chi connectivity index (χ4n) is 3.61. The van der Waals surface area contributed by atoms with Gasteiger partial charge in [0.15, 0.2) is 0 Å². The molecule has 4 rings (SSSR count). The first-order chi connectivity index (χ1) is 13.8. The van der Waals surface area contributed by atoms with E-state index >= 15 is 0 Å². The van der Waals surface area contributed by atoms with Crippen molar-refractivity contribution in [3.63, 3.8) is 0 Å². The standard InChI is InChI=1S/C22H24N4O2/c27-21(22(10-13-23-14-11-22)26-15-5-12-25-26)24-17-18-6-4-9-20(16-18)28-19-7-2-1-3-8-19/h1-9,12,15-16,23H,10-11,13-14,17H2,(H,24,27). The summed E-state index contributed by atoms with van der Waals surface area (Å²) >= 11 is 0. The van der Waals surface area contributed by atoms with E-state index in [2.05, 4.69) is 15.7 Å². The lowest BCUT2D eigenvalue weighted by Crippen LogP contribution is -2.54. The Kier molecular flexibility index (Phi) is 5.39. The Hall–Kier alpha value is -3.12. The number of hydrogen-bond donors (Lipinski definition) is 2. The number of aromatic nitrogens is 2. The topological polar surface area (TPSA) is 68.2 Å². The van der Waals surface area contributed by atoms with Crippen molar-refractivity contribution in [3.05, 3.63) is 78.6 Å². The molecule has 1 fully saturated rings. The molecule has 28 heavy (non-hydrogen) atoms. The maximum absolute atomic E-state index is 13.1. The molecule has 2 aromatic carbocycles. The molecule has 6 heteroatoms. The molecule has 144 valence electrons. The molecule has 0 bridgehead atoms. The molecule has 0 radical (unpaired) electrons. The van der Waals surface area contributed by atoms with Gasteiger partial charge < -0.3 is 15.4 Å². The minimum absolute atomic E-state index is 0.00656. The molecule has 3 aromatic rings. The van der Waals surface area contributed by atoms with Crippen molar-refractivity contribution in [2.45, 2.75) is 24.9 Å². The molecular weight excluding hydrogens is 352 g/mol. The van der Waals surface area contributed by atoms with E-state index in [0.717, 1.165) is 43.0 Å². The van der Waals surface area contributed by atoms with E-state index in [9.17, 15) is 4.79 Å². The molecular formula is C22H24N4O2. The average Bonchev–Trinajstić information content (AvgIpc) is 3.29. The third kappa shape index (κ3) is 3.92. The number of hydrogen-bond acceptors (Lipinski definition) is 4. The molecule has 0 saturated carbocycles. The number of carbonyl (C=O) groups is 1. The number of carbonyl (C=O) groups excluding carboxylic acids is 1. The number of ether oxygens (including phenoxy) is 1. The lowest BCUT2D eigenvalue weighted by atomic mass is 9.87. The number of piperidine rings is 1. The molecule has 1 amide bonds. The summed E-state index contributed by atoms with van der Waals surface area (Å²) in [5.74, 6) is 1.55. The van der Waals surface area contributed by atoms with Gasteiger partial charge in [0.2, 0.25) is 5.91 Å². The molecule has 0 aliphatic carbocycles. The first-order valence-corrected chi connectivity index (χ1v) is 9.57. The highest BCUT2D eigenvalue weighted by molar-refractivity contribution is 5.84. The quantitative estimate of drug-likeness (QED) is 0.694. The fourth-order valence-corrected chi connectivity index (χ4v) is 3.61. The lowest BCUT2D eigenvalue weighted by Gasteiger charge is -2.36. The van der Waals surface area contributed by atoms with Gasteiger partial charge in [0, 0.05) is 18.9 Å². The molecule has 2 N–H and O–H groups in total. The second-order valence-electron chi connectivity index (χ2n) is 6.98. The zero-order valence-electron chi connectivity index (χ0n) is 15.7. The van der Waals surface area contributed by atoms with Crippen LogP contribution in [0.2, 0.25) is 0 Å². The van der Waals surface area contributed by atoms with Crippen molar-refractivity contribution in [3.8, 4) is 11.5 Å². The Bertz CT molecular complexity index is 903. The van der Waals surface area contributed by atoms with E-state index in [1.54, 1.807) is 10.9 Å². The maximum atomic E-state index is 13.1. The summed E-state index contributed by atoms with van der Waals surface area (Å²) in [5.41, 5.74) is 0.360. The van der Waals surface area contributed by atoms with Crippen LogP contribution in [0, 0.1) is 0 Å². The summed E-state index contributed by atoms with van der Waals surface area (Å²) < 4.78 is 7.69. The second-order valence-corrected chi connectivity index (χ2v) is 6.98. The minimum Gasteiger partial charge on any atom is -0.457 e. The fraction of sp³-hybridized carbons (Fsp3) is 0.273. The molecule has 1 aliphatic heterocycles. The van der Waals surface area contributed by atoms with Gasteiger partial charge in [0.05, 0.1) is 0 Å². The smallest absolute Gasteiger partial charge is 0.248 e. The van der Waals surface area contributed by atoms with Crippen molar-refractivity contribution < 1.29 is 9.53 Å². The molecule has 1 saturated heterocycles. The molecule has 6 nitrogen and oxygen atoms in total. The van der Waals surface area contributed by atoms with Gasteiger partial charge in [-0.1, -0.05) is 30.3 Å². The van der Waals surface area contributed by atoms with Gasteiger partial charge in [-0.2, -0.15) is 5.10 Å². The van der Waals surface area contributed by atoms with Crippen LogP contribution in [-0.4, -0.2) is 28.8 Å². The van der Waals surface area contributed by atoms with E-state index in [4.69, 9.17) is 4.74 Å². The zero-order chi connectivity index (χ0) is 19.2. The van der Waals surface area contributed by atoms with E-state index in [0.29, 0.717) is 6.54 Å². The first-order valence-electron chi connectivity index (χ1n) is 9.57. The second kappa shape index (κ2) is 8.27. The Labute approximate surface area is 164 Å². The lowest BCUT2D eigenvalue weighted by molar-refractivity contribution is -0.132. The largest absolute Gasteiger partial charge is 0.457 e. The molecule has 1 aromatic heterocycles. The summed E-state index contributed by atoms with van der Waals surface area (Å²) in [6.07, 6.45) is 5.04. The molecule has 2 heterocycles. The summed E-state index contributed by atoms with van der Waals surface area (Å²) in [5, 5.41) is 10.8. The normalized spacial score (nSPS) is 15.7. The molecule has 0 unspecified atom stereocenters. The summed E-state index contributed by atoms with van der Waals surface area (Å²) in [6.45, 7) is 2.04. The van der Waals surface area contributed by atoms with Crippen LogP contribution in [0.25, 0.3) is 0 Å². The van der Waals surface area contributed by atoms with E-state index < -0.39 is 5.54 Å².